The van der Waals surface area contributed by atoms with Gasteiger partial charge in [-0.1, -0.05) is 44.9 Å². The third-order valence-corrected chi connectivity index (χ3v) is 9.64. The van der Waals surface area contributed by atoms with E-state index in [0.29, 0.717) is 23.6 Å². The monoisotopic (exact) mass is 540 g/mol. The molecule has 6 rings (SSSR count). The van der Waals surface area contributed by atoms with Crippen molar-refractivity contribution in [1.29, 1.82) is 0 Å². The maximum Gasteiger partial charge on any atom is 0.263 e. The third kappa shape index (κ3) is 4.95. The molecule has 4 N–H and O–H groups in total. The Balaban J connectivity index is 1.25. The average Bonchev–Trinajstić information content (AvgIpc) is 3.72. The number of hydrogen-bond donors (Lipinski definition) is 3. The summed E-state index contributed by atoms with van der Waals surface area (Å²) in [7, 11) is 0. The van der Waals surface area contributed by atoms with Gasteiger partial charge in [-0.3, -0.25) is 14.7 Å². The van der Waals surface area contributed by atoms with E-state index < -0.39 is 0 Å². The number of piperazine rings is 1. The van der Waals surface area contributed by atoms with Crippen LogP contribution in [0, 0.1) is 0 Å². The highest BCUT2D eigenvalue weighted by molar-refractivity contribution is 6.22. The van der Waals surface area contributed by atoms with Gasteiger partial charge in [-0.15, -0.1) is 11.6 Å². The molecule has 1 unspecified atom stereocenters. The van der Waals surface area contributed by atoms with Gasteiger partial charge in [0.1, 0.15) is 11.4 Å². The number of nitrogen functional groups attached to an aromatic ring is 1. The van der Waals surface area contributed by atoms with Gasteiger partial charge in [0.05, 0.1) is 28.5 Å². The Bertz CT molecular complexity index is 1130. The van der Waals surface area contributed by atoms with Crippen molar-refractivity contribution in [2.75, 3.05) is 54.0 Å². The quantitative estimate of drug-likeness (QED) is 0.485. The van der Waals surface area contributed by atoms with Crippen molar-refractivity contribution in [1.82, 2.24) is 19.7 Å². The predicted octanol–water partition coefficient (Wildman–Crippen LogP) is 4.65. The molecule has 0 aromatic carbocycles. The number of amides is 1. The number of rotatable bonds is 4. The zero-order valence-electron chi connectivity index (χ0n) is 22.3. The van der Waals surface area contributed by atoms with Crippen molar-refractivity contribution < 1.29 is 4.79 Å². The Morgan fingerprint density at radius 2 is 1.74 bits per heavy atom. The summed E-state index contributed by atoms with van der Waals surface area (Å²) < 4.78 is 1.97. The number of anilines is 4. The van der Waals surface area contributed by atoms with E-state index in [-0.39, 0.29) is 22.6 Å². The molecule has 3 fully saturated rings. The van der Waals surface area contributed by atoms with Gasteiger partial charge in [0.2, 0.25) is 0 Å². The SMILES string of the molecule is Nc1nn2c(c1C(=O)Nc1cnccc1N1CCN(C3CC3)CC1)NCC(Cl)C21CCCCCCCCC1. The van der Waals surface area contributed by atoms with E-state index in [1.165, 1.54) is 44.9 Å². The van der Waals surface area contributed by atoms with Crippen LogP contribution in [0.1, 0.15) is 81.0 Å². The number of aromatic nitrogens is 3. The first kappa shape index (κ1) is 25.7. The highest BCUT2D eigenvalue weighted by Crippen LogP contribution is 2.44. The Morgan fingerprint density at radius 3 is 2.42 bits per heavy atom. The fourth-order valence-electron chi connectivity index (χ4n) is 6.76. The van der Waals surface area contributed by atoms with E-state index in [1.807, 2.05) is 10.7 Å². The largest absolute Gasteiger partial charge is 0.381 e. The third-order valence-electron chi connectivity index (χ3n) is 9.08. The molecule has 2 aliphatic heterocycles. The second kappa shape index (κ2) is 10.9. The molecule has 0 radical (unpaired) electrons. The summed E-state index contributed by atoms with van der Waals surface area (Å²) >= 11 is 7.03. The maximum absolute atomic E-state index is 13.8. The van der Waals surface area contributed by atoms with E-state index >= 15 is 0 Å². The van der Waals surface area contributed by atoms with Crippen molar-refractivity contribution in [2.45, 2.75) is 87.6 Å². The second-order valence-corrected chi connectivity index (χ2v) is 12.1. The Labute approximate surface area is 230 Å². The lowest BCUT2D eigenvalue weighted by Crippen LogP contribution is -2.50. The van der Waals surface area contributed by atoms with Crippen LogP contribution in [0.15, 0.2) is 18.5 Å². The average molecular weight is 541 g/mol. The Kier molecular flexibility index (Phi) is 7.40. The molecule has 1 spiro atoms. The topological polar surface area (TPSA) is 104 Å². The lowest BCUT2D eigenvalue weighted by atomic mass is 9.81. The lowest BCUT2D eigenvalue weighted by Gasteiger charge is -2.43. The summed E-state index contributed by atoms with van der Waals surface area (Å²) in [6.07, 6.45) is 16.6. The number of hydrogen-bond acceptors (Lipinski definition) is 7. The van der Waals surface area contributed by atoms with Gasteiger partial charge in [0.25, 0.3) is 5.91 Å². The standard InChI is InChI=1S/C28H41ClN8O/c29-23-19-32-26-24(25(30)34-37(26)28(23)11-6-4-2-1-3-5-7-12-28)27(38)33-21-18-31-13-10-22(21)36-16-14-35(15-17-36)20-8-9-20/h10,13,18,20,23,32H,1-9,11-12,14-17,19H2,(H2,30,34)(H,33,38). The molecular weight excluding hydrogens is 500 g/mol. The molecule has 2 aromatic heterocycles. The normalized spacial score (nSPS) is 24.4. The minimum atomic E-state index is -0.327. The second-order valence-electron chi connectivity index (χ2n) is 11.5. The first-order valence-electron chi connectivity index (χ1n) is 14.6. The number of nitrogens with one attached hydrogen (secondary N) is 2. The highest BCUT2D eigenvalue weighted by atomic mass is 35.5. The van der Waals surface area contributed by atoms with Gasteiger partial charge in [0.15, 0.2) is 5.82 Å². The van der Waals surface area contributed by atoms with Crippen LogP contribution in [0.4, 0.5) is 23.0 Å². The molecule has 0 bridgehead atoms. The maximum atomic E-state index is 13.8. The van der Waals surface area contributed by atoms with Gasteiger partial charge in [-0.2, -0.15) is 5.10 Å². The molecule has 4 aliphatic rings. The van der Waals surface area contributed by atoms with Crippen molar-refractivity contribution in [2.24, 2.45) is 0 Å². The smallest absolute Gasteiger partial charge is 0.263 e. The summed E-state index contributed by atoms with van der Waals surface area (Å²) in [6.45, 7) is 4.58. The first-order valence-corrected chi connectivity index (χ1v) is 15.0. The summed E-state index contributed by atoms with van der Waals surface area (Å²) in [4.78, 5) is 23.0. The summed E-state index contributed by atoms with van der Waals surface area (Å²) in [5, 5.41) is 11.2. The number of pyridine rings is 1. The van der Waals surface area contributed by atoms with E-state index in [1.54, 1.807) is 12.4 Å². The predicted molar refractivity (Wildman–Crippen MR) is 153 cm³/mol. The molecule has 2 saturated carbocycles. The summed E-state index contributed by atoms with van der Waals surface area (Å²) in [5.41, 5.74) is 8.24. The van der Waals surface area contributed by atoms with Gasteiger partial charge in [0, 0.05) is 45.0 Å². The number of alkyl halides is 1. The number of carbonyl (C=O) groups excluding carboxylic acids is 1. The van der Waals surface area contributed by atoms with Crippen molar-refractivity contribution in [3.8, 4) is 0 Å². The van der Waals surface area contributed by atoms with Crippen LogP contribution in [0.2, 0.25) is 0 Å². The van der Waals surface area contributed by atoms with Crippen LogP contribution in [0.5, 0.6) is 0 Å². The Morgan fingerprint density at radius 1 is 1.05 bits per heavy atom. The van der Waals surface area contributed by atoms with Crippen molar-refractivity contribution >= 4 is 40.5 Å². The number of nitrogens with zero attached hydrogens (tertiary/aromatic N) is 5. The van der Waals surface area contributed by atoms with Gasteiger partial charge in [-0.25, -0.2) is 4.68 Å². The van der Waals surface area contributed by atoms with E-state index in [9.17, 15) is 4.79 Å². The minimum absolute atomic E-state index is 0.108. The molecule has 206 valence electrons. The molecule has 38 heavy (non-hydrogen) atoms. The number of fused-ring (bicyclic) bond motifs is 2. The molecule has 2 aliphatic carbocycles. The van der Waals surface area contributed by atoms with Crippen LogP contribution < -0.4 is 21.3 Å². The molecule has 1 saturated heterocycles. The zero-order valence-corrected chi connectivity index (χ0v) is 23.1. The van der Waals surface area contributed by atoms with Crippen molar-refractivity contribution in [3.05, 3.63) is 24.0 Å². The zero-order chi connectivity index (χ0) is 26.1. The molecular formula is C28H41ClN8O. The fourth-order valence-corrected chi connectivity index (χ4v) is 7.15. The van der Waals surface area contributed by atoms with Gasteiger partial charge in [-0.05, 0) is 31.7 Å². The van der Waals surface area contributed by atoms with Crippen LogP contribution in [-0.4, -0.2) is 69.7 Å². The van der Waals surface area contributed by atoms with E-state index in [2.05, 4.69) is 25.4 Å². The first-order chi connectivity index (χ1) is 18.6. The van der Waals surface area contributed by atoms with Gasteiger partial charge < -0.3 is 21.3 Å². The molecule has 1 atom stereocenters. The highest BCUT2D eigenvalue weighted by Gasteiger charge is 2.46. The van der Waals surface area contributed by atoms with Crippen LogP contribution in [0.3, 0.4) is 0 Å². The molecule has 9 nitrogen and oxygen atoms in total. The van der Waals surface area contributed by atoms with Gasteiger partial charge >= 0.3 is 0 Å². The molecule has 10 heteroatoms. The number of halogens is 1. The number of carbonyl (C=O) groups is 1. The number of nitrogens with two attached hydrogens (primary N) is 1. The molecule has 1 amide bonds. The van der Waals surface area contributed by atoms with E-state index in [4.69, 9.17) is 22.4 Å². The van der Waals surface area contributed by atoms with Crippen LogP contribution in [0.25, 0.3) is 0 Å². The lowest BCUT2D eigenvalue weighted by molar-refractivity contribution is 0.102. The van der Waals surface area contributed by atoms with Crippen LogP contribution >= 0.6 is 11.6 Å². The van der Waals surface area contributed by atoms with E-state index in [0.717, 1.165) is 63.6 Å². The summed E-state index contributed by atoms with van der Waals surface area (Å²) in [5.74, 6) is 0.679. The van der Waals surface area contributed by atoms with Crippen LogP contribution in [-0.2, 0) is 5.54 Å². The molecule has 2 aromatic rings. The fraction of sp³-hybridized carbons (Fsp3) is 0.679. The molecule has 4 heterocycles. The van der Waals surface area contributed by atoms with Crippen molar-refractivity contribution in [3.63, 3.8) is 0 Å². The Hall–Kier alpha value is -2.52. The summed E-state index contributed by atoms with van der Waals surface area (Å²) in [6, 6.07) is 2.77. The minimum Gasteiger partial charge on any atom is -0.381 e.